The fraction of sp³-hybridized carbons (Fsp3) is 0.308. The van der Waals surface area contributed by atoms with Gasteiger partial charge in [0.05, 0.1) is 23.8 Å². The Hall–Kier alpha value is -2.61. The number of nitrogens with one attached hydrogen (secondary N) is 2. The Kier molecular flexibility index (Phi) is 4.39. The standard InChI is InChI=1S/C13H14N2O6/c16-11(17)7-3-8(12(18)19)5-10(4-7)15-13(20)14-9-1-2-21-6-9/h3-5,9H,1-2,6H2,(H,16,17)(H,18,19)(H2,14,15,20). The molecule has 1 aromatic carbocycles. The lowest BCUT2D eigenvalue weighted by Crippen LogP contribution is -2.38. The van der Waals surface area contributed by atoms with Crippen molar-refractivity contribution >= 4 is 23.7 Å². The minimum atomic E-state index is -1.27. The Morgan fingerprint density at radius 3 is 2.19 bits per heavy atom. The lowest BCUT2D eigenvalue weighted by atomic mass is 10.1. The van der Waals surface area contributed by atoms with E-state index in [1.165, 1.54) is 12.1 Å². The van der Waals surface area contributed by atoms with Crippen LogP contribution < -0.4 is 10.6 Å². The molecule has 4 N–H and O–H groups in total. The molecule has 1 aliphatic heterocycles. The van der Waals surface area contributed by atoms with E-state index >= 15 is 0 Å². The van der Waals surface area contributed by atoms with Gasteiger partial charge in [0, 0.05) is 12.3 Å². The zero-order chi connectivity index (χ0) is 15.4. The molecule has 0 radical (unpaired) electrons. The van der Waals surface area contributed by atoms with Crippen LogP contribution in [0.1, 0.15) is 27.1 Å². The molecule has 21 heavy (non-hydrogen) atoms. The molecule has 0 aromatic heterocycles. The van der Waals surface area contributed by atoms with Gasteiger partial charge in [-0.2, -0.15) is 0 Å². The topological polar surface area (TPSA) is 125 Å². The van der Waals surface area contributed by atoms with Gasteiger partial charge < -0.3 is 25.6 Å². The Morgan fingerprint density at radius 1 is 1.10 bits per heavy atom. The monoisotopic (exact) mass is 294 g/mol. The molecule has 2 amide bonds. The molecule has 1 aromatic rings. The predicted molar refractivity (Wildman–Crippen MR) is 71.7 cm³/mol. The van der Waals surface area contributed by atoms with Crippen LogP contribution in [0.5, 0.6) is 0 Å². The number of carboxylic acids is 2. The first-order valence-corrected chi connectivity index (χ1v) is 6.22. The summed E-state index contributed by atoms with van der Waals surface area (Å²) >= 11 is 0. The van der Waals surface area contributed by atoms with Gasteiger partial charge in [-0.1, -0.05) is 0 Å². The molecular formula is C13H14N2O6. The summed E-state index contributed by atoms with van der Waals surface area (Å²) in [4.78, 5) is 33.7. The maximum Gasteiger partial charge on any atom is 0.335 e. The van der Waals surface area contributed by atoms with E-state index in [1.54, 1.807) is 0 Å². The van der Waals surface area contributed by atoms with E-state index in [4.69, 9.17) is 14.9 Å². The highest BCUT2D eigenvalue weighted by Crippen LogP contribution is 2.16. The number of benzene rings is 1. The molecule has 1 aliphatic rings. The summed E-state index contributed by atoms with van der Waals surface area (Å²) in [6.45, 7) is 0.992. The molecule has 0 spiro atoms. The SMILES string of the molecule is O=C(Nc1cc(C(=O)O)cc(C(=O)O)c1)NC1CCOC1. The molecule has 0 saturated carbocycles. The molecule has 2 rings (SSSR count). The van der Waals surface area contributed by atoms with Crippen LogP contribution in [0, 0.1) is 0 Å². The van der Waals surface area contributed by atoms with Crippen LogP contribution in [0.25, 0.3) is 0 Å². The number of hydrogen-bond donors (Lipinski definition) is 4. The van der Waals surface area contributed by atoms with E-state index < -0.39 is 18.0 Å². The van der Waals surface area contributed by atoms with Gasteiger partial charge in [-0.25, -0.2) is 14.4 Å². The largest absolute Gasteiger partial charge is 0.478 e. The third-order valence-electron chi connectivity index (χ3n) is 2.95. The molecule has 1 saturated heterocycles. The van der Waals surface area contributed by atoms with E-state index in [0.29, 0.717) is 19.6 Å². The summed E-state index contributed by atoms with van der Waals surface area (Å²) in [5, 5.41) is 23.0. The number of hydrogen-bond acceptors (Lipinski definition) is 4. The Labute approximate surface area is 119 Å². The highest BCUT2D eigenvalue weighted by atomic mass is 16.5. The van der Waals surface area contributed by atoms with Crippen molar-refractivity contribution in [3.05, 3.63) is 29.3 Å². The molecule has 1 atom stereocenters. The molecule has 0 aliphatic carbocycles. The number of carbonyl (C=O) groups is 3. The van der Waals surface area contributed by atoms with Gasteiger partial charge in [0.15, 0.2) is 0 Å². The summed E-state index contributed by atoms with van der Waals surface area (Å²) in [7, 11) is 0. The van der Waals surface area contributed by atoms with Crippen LogP contribution in [0.4, 0.5) is 10.5 Å². The van der Waals surface area contributed by atoms with E-state index in [0.717, 1.165) is 6.07 Å². The van der Waals surface area contributed by atoms with Crippen molar-refractivity contribution < 1.29 is 29.3 Å². The number of amides is 2. The first-order chi connectivity index (χ1) is 9.95. The normalized spacial score (nSPS) is 17.2. The second-order valence-corrected chi connectivity index (χ2v) is 4.57. The minimum absolute atomic E-state index is 0.101. The Balaban J connectivity index is 2.12. The van der Waals surface area contributed by atoms with Crippen molar-refractivity contribution in [1.29, 1.82) is 0 Å². The van der Waals surface area contributed by atoms with Crippen molar-refractivity contribution in [3.8, 4) is 0 Å². The number of ether oxygens (including phenoxy) is 1. The van der Waals surface area contributed by atoms with Crippen LogP contribution in [-0.4, -0.2) is 47.4 Å². The summed E-state index contributed by atoms with van der Waals surface area (Å²) in [5.74, 6) is -2.54. The van der Waals surface area contributed by atoms with Gasteiger partial charge in [-0.15, -0.1) is 0 Å². The fourth-order valence-electron chi connectivity index (χ4n) is 1.95. The smallest absolute Gasteiger partial charge is 0.335 e. The Morgan fingerprint density at radius 2 is 1.71 bits per heavy atom. The zero-order valence-electron chi connectivity index (χ0n) is 11.0. The summed E-state index contributed by atoms with van der Waals surface area (Å²) < 4.78 is 5.11. The number of carbonyl (C=O) groups excluding carboxylic acids is 1. The third kappa shape index (κ3) is 3.93. The van der Waals surface area contributed by atoms with Crippen molar-refractivity contribution in [1.82, 2.24) is 5.32 Å². The van der Waals surface area contributed by atoms with Gasteiger partial charge in [0.25, 0.3) is 0 Å². The number of aromatic carboxylic acids is 2. The summed E-state index contributed by atoms with van der Waals surface area (Å²) in [5.41, 5.74) is -0.326. The van der Waals surface area contributed by atoms with Gasteiger partial charge in [-0.05, 0) is 24.6 Å². The summed E-state index contributed by atoms with van der Waals surface area (Å²) in [6, 6.07) is 2.77. The van der Waals surface area contributed by atoms with Crippen LogP contribution in [0.15, 0.2) is 18.2 Å². The number of rotatable bonds is 4. The fourth-order valence-corrected chi connectivity index (χ4v) is 1.95. The van der Waals surface area contributed by atoms with Crippen LogP contribution in [-0.2, 0) is 4.74 Å². The van der Waals surface area contributed by atoms with Gasteiger partial charge in [-0.3, -0.25) is 0 Å². The first-order valence-electron chi connectivity index (χ1n) is 6.22. The van der Waals surface area contributed by atoms with Crippen molar-refractivity contribution in [3.63, 3.8) is 0 Å². The average molecular weight is 294 g/mol. The highest BCUT2D eigenvalue weighted by Gasteiger charge is 2.18. The lowest BCUT2D eigenvalue weighted by molar-refractivity contribution is 0.0696. The van der Waals surface area contributed by atoms with E-state index in [9.17, 15) is 14.4 Å². The van der Waals surface area contributed by atoms with Crippen molar-refractivity contribution in [2.45, 2.75) is 12.5 Å². The van der Waals surface area contributed by atoms with Crippen LogP contribution in [0.2, 0.25) is 0 Å². The van der Waals surface area contributed by atoms with Gasteiger partial charge in [0.2, 0.25) is 0 Å². The molecule has 112 valence electrons. The second-order valence-electron chi connectivity index (χ2n) is 4.57. The molecule has 8 nitrogen and oxygen atoms in total. The maximum absolute atomic E-state index is 11.8. The molecule has 8 heteroatoms. The zero-order valence-corrected chi connectivity index (χ0v) is 11.0. The first kappa shape index (κ1) is 14.8. The number of urea groups is 1. The van der Waals surface area contributed by atoms with E-state index in [2.05, 4.69) is 10.6 Å². The van der Waals surface area contributed by atoms with E-state index in [-0.39, 0.29) is 22.9 Å². The van der Waals surface area contributed by atoms with Crippen LogP contribution in [0.3, 0.4) is 0 Å². The molecule has 1 unspecified atom stereocenters. The third-order valence-corrected chi connectivity index (χ3v) is 2.95. The lowest BCUT2D eigenvalue weighted by Gasteiger charge is -2.12. The van der Waals surface area contributed by atoms with Crippen molar-refractivity contribution in [2.24, 2.45) is 0 Å². The number of carboxylic acid groups (broad SMARTS) is 2. The second kappa shape index (κ2) is 6.23. The van der Waals surface area contributed by atoms with Crippen molar-refractivity contribution in [2.75, 3.05) is 18.5 Å². The van der Waals surface area contributed by atoms with Gasteiger partial charge in [0.1, 0.15) is 0 Å². The molecule has 1 fully saturated rings. The number of anilines is 1. The molecular weight excluding hydrogens is 280 g/mol. The maximum atomic E-state index is 11.8. The molecule has 1 heterocycles. The summed E-state index contributed by atoms with van der Waals surface area (Å²) in [6.07, 6.45) is 0.697. The highest BCUT2D eigenvalue weighted by molar-refractivity contribution is 5.98. The average Bonchev–Trinajstić information content (AvgIpc) is 2.90. The Bertz CT molecular complexity index is 548. The predicted octanol–water partition coefficient (Wildman–Crippen LogP) is 0.993. The van der Waals surface area contributed by atoms with Crippen LogP contribution >= 0.6 is 0 Å². The molecule has 0 bridgehead atoms. The minimum Gasteiger partial charge on any atom is -0.478 e. The van der Waals surface area contributed by atoms with Gasteiger partial charge >= 0.3 is 18.0 Å². The quantitative estimate of drug-likeness (QED) is 0.656. The van der Waals surface area contributed by atoms with E-state index in [1.807, 2.05) is 0 Å².